The molecule has 1 N–H and O–H groups in total. The monoisotopic (exact) mass is 459 g/mol. The van der Waals surface area contributed by atoms with Gasteiger partial charge in [-0.1, -0.05) is 18.5 Å². The van der Waals surface area contributed by atoms with Gasteiger partial charge in [-0.3, -0.25) is 18.6 Å². The van der Waals surface area contributed by atoms with Crippen LogP contribution < -0.4 is 15.6 Å². The van der Waals surface area contributed by atoms with Gasteiger partial charge in [0.25, 0.3) is 5.56 Å². The molecule has 0 saturated carbocycles. The molecule has 4 rings (SSSR count). The van der Waals surface area contributed by atoms with Gasteiger partial charge in [0, 0.05) is 25.1 Å². The molecule has 3 heterocycles. The molecule has 4 aromatic rings. The van der Waals surface area contributed by atoms with E-state index >= 15 is 0 Å². The Kier molecular flexibility index (Phi) is 6.24. The third-order valence-corrected chi connectivity index (χ3v) is 6.15. The van der Waals surface area contributed by atoms with E-state index in [9.17, 15) is 9.59 Å². The summed E-state index contributed by atoms with van der Waals surface area (Å²) in [6.07, 6.45) is 2.30. The summed E-state index contributed by atoms with van der Waals surface area (Å²) in [5, 5.41) is 13.8. The van der Waals surface area contributed by atoms with Crippen molar-refractivity contribution in [2.24, 2.45) is 0 Å². The zero-order valence-corrected chi connectivity index (χ0v) is 18.8. The number of nitrogens with zero attached hydrogens (tertiary/aromatic N) is 4. The first-order valence-electron chi connectivity index (χ1n) is 10.0. The van der Waals surface area contributed by atoms with Crippen molar-refractivity contribution in [2.45, 2.75) is 39.2 Å². The Morgan fingerprint density at radius 1 is 1.29 bits per heavy atom. The summed E-state index contributed by atoms with van der Waals surface area (Å²) in [5.74, 6) is 1.73. The second-order valence-corrected chi connectivity index (χ2v) is 8.42. The lowest BCUT2D eigenvalue weighted by Crippen LogP contribution is -2.22. The van der Waals surface area contributed by atoms with Gasteiger partial charge in [-0.2, -0.15) is 0 Å². The number of hydrogen-bond acceptors (Lipinski definition) is 6. The minimum Gasteiger partial charge on any atom is -0.495 e. The second-order valence-electron chi connectivity index (χ2n) is 7.09. The molecule has 1 aromatic carbocycles. The number of amides is 1. The molecule has 8 nitrogen and oxygen atoms in total. The average Bonchev–Trinajstić information content (AvgIpc) is 3.38. The van der Waals surface area contributed by atoms with Crippen LogP contribution in [0.3, 0.4) is 0 Å². The van der Waals surface area contributed by atoms with Crippen molar-refractivity contribution in [2.75, 3.05) is 12.4 Å². The number of thiophene rings is 1. The predicted octanol–water partition coefficient (Wildman–Crippen LogP) is 4.14. The number of carbonyl (C=O) groups excluding carboxylic acids is 1. The highest BCUT2D eigenvalue weighted by molar-refractivity contribution is 7.17. The number of hydrogen-bond donors (Lipinski definition) is 1. The summed E-state index contributed by atoms with van der Waals surface area (Å²) < 4.78 is 9.42. The molecule has 3 aromatic heterocycles. The van der Waals surface area contributed by atoms with E-state index in [0.29, 0.717) is 52.7 Å². The maximum Gasteiger partial charge on any atom is 0.272 e. The number of aromatic nitrogens is 4. The fourth-order valence-electron chi connectivity index (χ4n) is 3.54. The first-order chi connectivity index (χ1) is 15.0. The molecule has 0 radical (unpaired) electrons. The van der Waals surface area contributed by atoms with Gasteiger partial charge in [0.2, 0.25) is 11.7 Å². The SMILES string of the molecule is CCCn1c(=O)c2sccc2n2c(CCCC(=O)Nc3ccc(OC)c(Cl)c3)nnc12. The van der Waals surface area contributed by atoms with Crippen molar-refractivity contribution >= 4 is 50.5 Å². The second kappa shape index (κ2) is 9.07. The average molecular weight is 460 g/mol. The van der Waals surface area contributed by atoms with Crippen molar-refractivity contribution in [3.8, 4) is 5.75 Å². The lowest BCUT2D eigenvalue weighted by Gasteiger charge is -2.09. The molecule has 10 heteroatoms. The largest absolute Gasteiger partial charge is 0.495 e. The number of rotatable bonds is 8. The molecular formula is C21H22ClN5O3S. The van der Waals surface area contributed by atoms with Gasteiger partial charge in [-0.05, 0) is 42.5 Å². The Morgan fingerprint density at radius 3 is 2.87 bits per heavy atom. The lowest BCUT2D eigenvalue weighted by atomic mass is 10.2. The van der Waals surface area contributed by atoms with Gasteiger partial charge in [-0.15, -0.1) is 21.5 Å². The Bertz CT molecular complexity index is 1310. The normalized spacial score (nSPS) is 11.3. The summed E-state index contributed by atoms with van der Waals surface area (Å²) in [6, 6.07) is 7.03. The van der Waals surface area contributed by atoms with Crippen molar-refractivity contribution in [1.82, 2.24) is 19.2 Å². The lowest BCUT2D eigenvalue weighted by molar-refractivity contribution is -0.116. The molecule has 1 amide bonds. The number of benzene rings is 1. The maximum atomic E-state index is 12.8. The summed E-state index contributed by atoms with van der Waals surface area (Å²) in [5.41, 5.74) is 1.40. The highest BCUT2D eigenvalue weighted by atomic mass is 35.5. The maximum absolute atomic E-state index is 12.8. The Hall–Kier alpha value is -2.91. The fraction of sp³-hybridized carbons (Fsp3) is 0.333. The number of methoxy groups -OCH3 is 1. The fourth-order valence-corrected chi connectivity index (χ4v) is 4.62. The zero-order chi connectivity index (χ0) is 22.0. The quantitative estimate of drug-likeness (QED) is 0.427. The van der Waals surface area contributed by atoms with Gasteiger partial charge < -0.3 is 10.1 Å². The molecule has 0 bridgehead atoms. The van der Waals surface area contributed by atoms with Gasteiger partial charge in [0.1, 0.15) is 16.3 Å². The highest BCUT2D eigenvalue weighted by Crippen LogP contribution is 2.27. The van der Waals surface area contributed by atoms with Crippen LogP contribution in [0.1, 0.15) is 32.0 Å². The summed E-state index contributed by atoms with van der Waals surface area (Å²) in [6.45, 7) is 2.61. The summed E-state index contributed by atoms with van der Waals surface area (Å²) in [4.78, 5) is 25.1. The predicted molar refractivity (Wildman–Crippen MR) is 122 cm³/mol. The van der Waals surface area contributed by atoms with E-state index in [1.165, 1.54) is 11.3 Å². The Morgan fingerprint density at radius 2 is 2.13 bits per heavy atom. The van der Waals surface area contributed by atoms with Crippen molar-refractivity contribution in [1.29, 1.82) is 0 Å². The van der Waals surface area contributed by atoms with Crippen molar-refractivity contribution < 1.29 is 9.53 Å². The molecule has 0 atom stereocenters. The van der Waals surface area contributed by atoms with E-state index in [1.54, 1.807) is 29.9 Å². The number of aryl methyl sites for hydroxylation is 2. The van der Waals surface area contributed by atoms with Crippen molar-refractivity contribution in [3.05, 3.63) is 50.8 Å². The van der Waals surface area contributed by atoms with Gasteiger partial charge in [-0.25, -0.2) is 0 Å². The smallest absolute Gasteiger partial charge is 0.272 e. The number of ether oxygens (including phenoxy) is 1. The Labute approximate surface area is 187 Å². The van der Waals surface area contributed by atoms with Crippen LogP contribution in [0.5, 0.6) is 5.75 Å². The van der Waals surface area contributed by atoms with Gasteiger partial charge in [0.05, 0.1) is 17.6 Å². The van der Waals surface area contributed by atoms with Crippen LogP contribution >= 0.6 is 22.9 Å². The molecule has 31 heavy (non-hydrogen) atoms. The molecular weight excluding hydrogens is 438 g/mol. The zero-order valence-electron chi connectivity index (χ0n) is 17.2. The minimum atomic E-state index is -0.112. The molecule has 162 valence electrons. The number of halogens is 1. The topological polar surface area (TPSA) is 90.5 Å². The van der Waals surface area contributed by atoms with Gasteiger partial charge in [0.15, 0.2) is 0 Å². The van der Waals surface area contributed by atoms with Crippen LogP contribution in [0.25, 0.3) is 16.0 Å². The van der Waals surface area contributed by atoms with E-state index in [2.05, 4.69) is 15.5 Å². The standard InChI is InChI=1S/C21H22ClN5O3S/c1-3-10-26-20(29)19-15(9-11-31-19)27-17(24-25-21(26)27)5-4-6-18(28)23-13-7-8-16(30-2)14(22)12-13/h7-9,11-12H,3-6,10H2,1-2H3,(H,23,28). The van der Waals surface area contributed by atoms with Gasteiger partial charge >= 0.3 is 0 Å². The van der Waals surface area contributed by atoms with E-state index in [0.717, 1.165) is 17.8 Å². The third kappa shape index (κ3) is 4.15. The molecule has 0 aliphatic rings. The summed E-state index contributed by atoms with van der Waals surface area (Å²) in [7, 11) is 1.54. The molecule has 0 fully saturated rings. The first-order valence-corrected chi connectivity index (χ1v) is 11.3. The van der Waals surface area contributed by atoms with Crippen LogP contribution in [-0.4, -0.2) is 32.2 Å². The van der Waals surface area contributed by atoms with Crippen LogP contribution in [0.2, 0.25) is 5.02 Å². The summed E-state index contributed by atoms with van der Waals surface area (Å²) >= 11 is 7.53. The molecule has 0 spiro atoms. The number of anilines is 1. The van der Waals surface area contributed by atoms with Crippen LogP contribution in [0, 0.1) is 0 Å². The van der Waals surface area contributed by atoms with E-state index in [-0.39, 0.29) is 11.5 Å². The van der Waals surface area contributed by atoms with Crippen LogP contribution in [0.4, 0.5) is 5.69 Å². The highest BCUT2D eigenvalue weighted by Gasteiger charge is 2.17. The molecule has 0 aliphatic heterocycles. The van der Waals surface area contributed by atoms with E-state index < -0.39 is 0 Å². The van der Waals surface area contributed by atoms with E-state index in [1.807, 2.05) is 22.8 Å². The Balaban J connectivity index is 1.49. The van der Waals surface area contributed by atoms with Crippen molar-refractivity contribution in [3.63, 3.8) is 0 Å². The van der Waals surface area contributed by atoms with Crippen LogP contribution in [-0.2, 0) is 17.8 Å². The van der Waals surface area contributed by atoms with E-state index in [4.69, 9.17) is 16.3 Å². The number of carbonyl (C=O) groups is 1. The molecule has 0 unspecified atom stereocenters. The number of fused-ring (bicyclic) bond motifs is 3. The minimum absolute atomic E-state index is 0.0316. The number of nitrogens with one attached hydrogen (secondary N) is 1. The molecule has 0 aliphatic carbocycles. The van der Waals surface area contributed by atoms with Crippen LogP contribution in [0.15, 0.2) is 34.4 Å². The first kappa shape index (κ1) is 21.3. The molecule has 0 saturated heterocycles. The third-order valence-electron chi connectivity index (χ3n) is 4.97.